The van der Waals surface area contributed by atoms with Crippen molar-refractivity contribution in [2.45, 2.75) is 32.5 Å². The van der Waals surface area contributed by atoms with Crippen LogP contribution in [0.4, 0.5) is 0 Å². The Morgan fingerprint density at radius 2 is 1.86 bits per heavy atom. The Balaban J connectivity index is 2.04. The number of rotatable bonds is 3. The SMILES string of the molecule is C[C@@H](CCO)N1Cc2ccccc2C1. The van der Waals surface area contributed by atoms with Crippen LogP contribution < -0.4 is 0 Å². The van der Waals surface area contributed by atoms with E-state index in [9.17, 15) is 0 Å². The average Bonchev–Trinajstić information content (AvgIpc) is 2.61. The molecule has 0 saturated carbocycles. The Bertz CT molecular complexity index is 286. The van der Waals surface area contributed by atoms with Crippen molar-refractivity contribution in [1.29, 1.82) is 0 Å². The first-order valence-corrected chi connectivity index (χ1v) is 5.23. The zero-order valence-electron chi connectivity index (χ0n) is 8.61. The van der Waals surface area contributed by atoms with Crippen molar-refractivity contribution in [3.63, 3.8) is 0 Å². The Labute approximate surface area is 85.2 Å². The van der Waals surface area contributed by atoms with E-state index in [1.807, 2.05) is 0 Å². The van der Waals surface area contributed by atoms with E-state index in [0.717, 1.165) is 19.5 Å². The number of hydrogen-bond donors (Lipinski definition) is 1. The van der Waals surface area contributed by atoms with Gasteiger partial charge in [0, 0.05) is 25.7 Å². The maximum atomic E-state index is 8.89. The fourth-order valence-electron chi connectivity index (χ4n) is 2.04. The summed E-state index contributed by atoms with van der Waals surface area (Å²) in [6, 6.07) is 9.06. The van der Waals surface area contributed by atoms with Gasteiger partial charge in [-0.1, -0.05) is 24.3 Å². The molecule has 0 amide bonds. The first-order valence-electron chi connectivity index (χ1n) is 5.23. The number of hydrogen-bond acceptors (Lipinski definition) is 2. The molecule has 1 aliphatic rings. The number of aliphatic hydroxyl groups is 1. The highest BCUT2D eigenvalue weighted by atomic mass is 16.3. The van der Waals surface area contributed by atoms with Crippen molar-refractivity contribution < 1.29 is 5.11 Å². The third kappa shape index (κ3) is 1.81. The average molecular weight is 191 g/mol. The third-order valence-corrected chi connectivity index (χ3v) is 3.04. The smallest absolute Gasteiger partial charge is 0.0445 e. The van der Waals surface area contributed by atoms with Gasteiger partial charge >= 0.3 is 0 Å². The molecular weight excluding hydrogens is 174 g/mol. The lowest BCUT2D eigenvalue weighted by molar-refractivity contribution is 0.168. The first-order chi connectivity index (χ1) is 6.81. The number of fused-ring (bicyclic) bond motifs is 1. The normalized spacial score (nSPS) is 18.1. The lowest BCUT2D eigenvalue weighted by Crippen LogP contribution is -2.28. The van der Waals surface area contributed by atoms with E-state index < -0.39 is 0 Å². The number of aliphatic hydroxyl groups excluding tert-OH is 1. The van der Waals surface area contributed by atoms with Gasteiger partial charge in [0.15, 0.2) is 0 Å². The molecule has 0 aliphatic carbocycles. The molecule has 0 spiro atoms. The fourth-order valence-corrected chi connectivity index (χ4v) is 2.04. The molecule has 2 nitrogen and oxygen atoms in total. The van der Waals surface area contributed by atoms with E-state index in [-0.39, 0.29) is 6.61 Å². The monoisotopic (exact) mass is 191 g/mol. The van der Waals surface area contributed by atoms with Crippen molar-refractivity contribution in [2.75, 3.05) is 6.61 Å². The minimum absolute atomic E-state index is 0.286. The second-order valence-corrected chi connectivity index (χ2v) is 4.03. The van der Waals surface area contributed by atoms with Gasteiger partial charge < -0.3 is 5.11 Å². The van der Waals surface area contributed by atoms with E-state index in [1.165, 1.54) is 11.1 Å². The summed E-state index contributed by atoms with van der Waals surface area (Å²) in [7, 11) is 0. The molecule has 1 atom stereocenters. The van der Waals surface area contributed by atoms with Crippen LogP contribution in [0.3, 0.4) is 0 Å². The van der Waals surface area contributed by atoms with Crippen molar-refractivity contribution in [3.05, 3.63) is 35.4 Å². The van der Waals surface area contributed by atoms with Crippen LogP contribution in [0.1, 0.15) is 24.5 Å². The van der Waals surface area contributed by atoms with Crippen LogP contribution in [0.25, 0.3) is 0 Å². The van der Waals surface area contributed by atoms with Crippen LogP contribution in [-0.4, -0.2) is 22.7 Å². The van der Waals surface area contributed by atoms with Crippen molar-refractivity contribution in [1.82, 2.24) is 4.90 Å². The summed E-state index contributed by atoms with van der Waals surface area (Å²) in [4.78, 5) is 2.42. The maximum Gasteiger partial charge on any atom is 0.0445 e. The second kappa shape index (κ2) is 4.11. The molecule has 0 unspecified atom stereocenters. The molecule has 0 aromatic heterocycles. The summed E-state index contributed by atoms with van der Waals surface area (Å²) in [6.45, 7) is 4.55. The predicted molar refractivity (Wildman–Crippen MR) is 56.9 cm³/mol. The summed E-state index contributed by atoms with van der Waals surface area (Å²) in [6.07, 6.45) is 0.869. The maximum absolute atomic E-state index is 8.89. The standard InChI is InChI=1S/C12H17NO/c1-10(6-7-14)13-8-11-4-2-3-5-12(11)9-13/h2-5,10,14H,6-9H2,1H3/t10-/m0/s1. The Hall–Kier alpha value is -0.860. The Kier molecular flexibility index (Phi) is 2.85. The molecule has 1 aromatic carbocycles. The summed E-state index contributed by atoms with van der Waals surface area (Å²) in [5.41, 5.74) is 2.88. The predicted octanol–water partition coefficient (Wildman–Crippen LogP) is 1.77. The summed E-state index contributed by atoms with van der Waals surface area (Å²) >= 11 is 0. The molecule has 14 heavy (non-hydrogen) atoms. The minimum atomic E-state index is 0.286. The Morgan fingerprint density at radius 3 is 2.36 bits per heavy atom. The van der Waals surface area contributed by atoms with Crippen LogP contribution >= 0.6 is 0 Å². The van der Waals surface area contributed by atoms with Gasteiger partial charge in [0.25, 0.3) is 0 Å². The van der Waals surface area contributed by atoms with E-state index >= 15 is 0 Å². The van der Waals surface area contributed by atoms with E-state index in [4.69, 9.17) is 5.11 Å². The minimum Gasteiger partial charge on any atom is -0.396 e. The summed E-state index contributed by atoms with van der Waals surface area (Å²) in [5, 5.41) is 8.89. The molecule has 1 aliphatic heterocycles. The van der Waals surface area contributed by atoms with Crippen LogP contribution in [-0.2, 0) is 13.1 Å². The number of benzene rings is 1. The highest BCUT2D eigenvalue weighted by Gasteiger charge is 2.21. The van der Waals surface area contributed by atoms with Gasteiger partial charge in [-0.15, -0.1) is 0 Å². The highest BCUT2D eigenvalue weighted by molar-refractivity contribution is 5.30. The third-order valence-electron chi connectivity index (χ3n) is 3.04. The fraction of sp³-hybridized carbons (Fsp3) is 0.500. The van der Waals surface area contributed by atoms with Crippen LogP contribution in [0, 0.1) is 0 Å². The molecule has 1 N–H and O–H groups in total. The van der Waals surface area contributed by atoms with E-state index in [1.54, 1.807) is 0 Å². The first kappa shape index (κ1) is 9.69. The van der Waals surface area contributed by atoms with Gasteiger partial charge in [0.1, 0.15) is 0 Å². The second-order valence-electron chi connectivity index (χ2n) is 4.03. The van der Waals surface area contributed by atoms with Crippen LogP contribution in [0.2, 0.25) is 0 Å². The molecule has 1 heterocycles. The lowest BCUT2D eigenvalue weighted by Gasteiger charge is -2.22. The van der Waals surface area contributed by atoms with Gasteiger partial charge in [-0.25, -0.2) is 0 Å². The van der Waals surface area contributed by atoms with Crippen LogP contribution in [0.5, 0.6) is 0 Å². The van der Waals surface area contributed by atoms with Crippen molar-refractivity contribution in [3.8, 4) is 0 Å². The molecule has 76 valence electrons. The molecule has 1 aromatic rings. The van der Waals surface area contributed by atoms with E-state index in [0.29, 0.717) is 6.04 Å². The molecule has 2 rings (SSSR count). The largest absolute Gasteiger partial charge is 0.396 e. The molecular formula is C12H17NO. The molecule has 2 heteroatoms. The summed E-state index contributed by atoms with van der Waals surface area (Å²) in [5.74, 6) is 0. The van der Waals surface area contributed by atoms with Gasteiger partial charge in [-0.3, -0.25) is 4.90 Å². The zero-order valence-corrected chi connectivity index (χ0v) is 8.61. The van der Waals surface area contributed by atoms with E-state index in [2.05, 4.69) is 36.1 Å². The van der Waals surface area contributed by atoms with Gasteiger partial charge in [-0.2, -0.15) is 0 Å². The highest BCUT2D eigenvalue weighted by Crippen LogP contribution is 2.24. The summed E-state index contributed by atoms with van der Waals surface area (Å²) < 4.78 is 0. The molecule has 0 fully saturated rings. The van der Waals surface area contributed by atoms with Crippen molar-refractivity contribution >= 4 is 0 Å². The number of nitrogens with zero attached hydrogens (tertiary/aromatic N) is 1. The molecule has 0 bridgehead atoms. The lowest BCUT2D eigenvalue weighted by atomic mass is 10.1. The quantitative estimate of drug-likeness (QED) is 0.787. The van der Waals surface area contributed by atoms with Gasteiger partial charge in [-0.05, 0) is 24.5 Å². The van der Waals surface area contributed by atoms with Gasteiger partial charge in [0.05, 0.1) is 0 Å². The molecule has 0 radical (unpaired) electrons. The van der Waals surface area contributed by atoms with Gasteiger partial charge in [0.2, 0.25) is 0 Å². The van der Waals surface area contributed by atoms with Crippen LogP contribution in [0.15, 0.2) is 24.3 Å². The van der Waals surface area contributed by atoms with Crippen molar-refractivity contribution in [2.24, 2.45) is 0 Å². The zero-order chi connectivity index (χ0) is 9.97. The Morgan fingerprint density at radius 1 is 1.29 bits per heavy atom. The topological polar surface area (TPSA) is 23.5 Å². The molecule has 0 saturated heterocycles.